The Morgan fingerprint density at radius 2 is 2.20 bits per heavy atom. The summed E-state index contributed by atoms with van der Waals surface area (Å²) in [5.41, 5.74) is 1.07. The van der Waals surface area contributed by atoms with Gasteiger partial charge in [0.2, 0.25) is 0 Å². The van der Waals surface area contributed by atoms with Gasteiger partial charge < -0.3 is 0 Å². The van der Waals surface area contributed by atoms with Crippen LogP contribution >= 0.6 is 22.2 Å². The van der Waals surface area contributed by atoms with Crippen molar-refractivity contribution in [2.75, 3.05) is 0 Å². The molecular weight excluding hydrogens is 185 g/mol. The largest absolute Gasteiger partial charge is 0.326 e. The zero-order valence-electron chi connectivity index (χ0n) is 5.44. The smallest absolute Gasteiger partial charge is 0.263 e. The van der Waals surface area contributed by atoms with Crippen LogP contribution in [-0.4, -0.2) is 12.4 Å². The van der Waals surface area contributed by atoms with E-state index in [0.717, 1.165) is 10.9 Å². The third-order valence-electron chi connectivity index (χ3n) is 1.19. The first kappa shape index (κ1) is 8.05. The van der Waals surface area contributed by atoms with Gasteiger partial charge in [-0.25, -0.2) is 0 Å². The van der Waals surface area contributed by atoms with Crippen molar-refractivity contribution in [3.63, 3.8) is 0 Å². The molecule has 1 heterocycles. The summed E-state index contributed by atoms with van der Waals surface area (Å²) >= 11 is 11.4. The molecule has 0 bridgehead atoms. The van der Waals surface area contributed by atoms with E-state index in [1.165, 1.54) is 0 Å². The highest BCUT2D eigenvalue weighted by molar-refractivity contribution is 7.39. The Labute approximate surface area is 71.0 Å². The van der Waals surface area contributed by atoms with E-state index in [2.05, 4.69) is 4.98 Å². The highest BCUT2D eigenvalue weighted by Crippen LogP contribution is 1.99. The van der Waals surface area contributed by atoms with Gasteiger partial charge in [0.15, 0.2) is 0 Å². The molecule has 1 radical (unpaired) electrons. The molecule has 0 aliphatic carbocycles. The van der Waals surface area contributed by atoms with Crippen molar-refractivity contribution in [1.29, 1.82) is 0 Å². The van der Waals surface area contributed by atoms with E-state index in [4.69, 9.17) is 22.2 Å². The maximum atomic E-state index is 5.71. The SMILES string of the molecule is Cc1cccnc1[Si](Cl)Cl. The van der Waals surface area contributed by atoms with Crippen LogP contribution in [0.5, 0.6) is 0 Å². The maximum absolute atomic E-state index is 5.71. The van der Waals surface area contributed by atoms with Crippen LogP contribution in [-0.2, 0) is 0 Å². The third kappa shape index (κ3) is 1.72. The maximum Gasteiger partial charge on any atom is 0.326 e. The Balaban J connectivity index is 3.03. The van der Waals surface area contributed by atoms with Gasteiger partial charge in [-0.3, -0.25) is 4.98 Å². The van der Waals surface area contributed by atoms with Gasteiger partial charge in [-0.2, -0.15) is 0 Å². The van der Waals surface area contributed by atoms with Crippen LogP contribution in [0.25, 0.3) is 0 Å². The number of rotatable bonds is 1. The van der Waals surface area contributed by atoms with Crippen molar-refractivity contribution in [2.24, 2.45) is 0 Å². The van der Waals surface area contributed by atoms with Crippen LogP contribution in [0, 0.1) is 6.92 Å². The lowest BCUT2D eigenvalue weighted by Gasteiger charge is -1.99. The Morgan fingerprint density at radius 1 is 1.50 bits per heavy atom. The van der Waals surface area contributed by atoms with Gasteiger partial charge in [-0.1, -0.05) is 6.07 Å². The standard InChI is InChI=1S/C6H6Cl2NSi/c1-5-3-2-4-9-6(5)10(7)8/h2-4H,1H3. The number of hydrogen-bond donors (Lipinski definition) is 0. The fourth-order valence-corrected chi connectivity index (χ4v) is 2.42. The molecule has 0 N–H and O–H groups in total. The molecule has 10 heavy (non-hydrogen) atoms. The van der Waals surface area contributed by atoms with E-state index in [9.17, 15) is 0 Å². The number of aryl methyl sites for hydroxylation is 1. The van der Waals surface area contributed by atoms with Crippen LogP contribution in [0.15, 0.2) is 18.3 Å². The fraction of sp³-hybridized carbons (Fsp3) is 0.167. The average molecular weight is 191 g/mol. The lowest BCUT2D eigenvalue weighted by Crippen LogP contribution is -2.24. The van der Waals surface area contributed by atoms with Crippen molar-refractivity contribution in [3.8, 4) is 0 Å². The number of hydrogen-bond acceptors (Lipinski definition) is 1. The van der Waals surface area contributed by atoms with Gasteiger partial charge >= 0.3 is 7.42 Å². The Hall–Kier alpha value is -0.0531. The first-order chi connectivity index (χ1) is 4.72. The number of nitrogens with zero attached hydrogens (tertiary/aromatic N) is 1. The van der Waals surface area contributed by atoms with Gasteiger partial charge in [0, 0.05) is 6.20 Å². The molecule has 0 aliphatic heterocycles. The van der Waals surface area contributed by atoms with Crippen LogP contribution in [0.4, 0.5) is 0 Å². The lowest BCUT2D eigenvalue weighted by atomic mass is 10.3. The highest BCUT2D eigenvalue weighted by Gasteiger charge is 2.10. The summed E-state index contributed by atoms with van der Waals surface area (Å²) in [6, 6.07) is 3.83. The van der Waals surface area contributed by atoms with E-state index >= 15 is 0 Å². The molecule has 53 valence electrons. The molecule has 0 aliphatic rings. The molecule has 0 spiro atoms. The first-order valence-corrected chi connectivity index (χ1v) is 6.34. The number of pyridine rings is 1. The molecule has 0 saturated heterocycles. The van der Waals surface area contributed by atoms with E-state index in [1.54, 1.807) is 6.20 Å². The summed E-state index contributed by atoms with van der Waals surface area (Å²) in [5, 5.41) is 0.843. The van der Waals surface area contributed by atoms with Crippen LogP contribution in [0.2, 0.25) is 0 Å². The van der Waals surface area contributed by atoms with E-state index in [1.807, 2.05) is 19.1 Å². The summed E-state index contributed by atoms with van der Waals surface area (Å²) in [6.45, 7) is 1.96. The van der Waals surface area contributed by atoms with Gasteiger partial charge in [-0.15, -0.1) is 22.2 Å². The van der Waals surface area contributed by atoms with Crippen molar-refractivity contribution < 1.29 is 0 Å². The molecule has 0 saturated carbocycles. The molecule has 0 fully saturated rings. The van der Waals surface area contributed by atoms with E-state index in [-0.39, 0.29) is 0 Å². The van der Waals surface area contributed by atoms with Crippen LogP contribution < -0.4 is 5.32 Å². The van der Waals surface area contributed by atoms with Crippen molar-refractivity contribution in [1.82, 2.24) is 4.98 Å². The molecule has 1 rings (SSSR count). The predicted octanol–water partition coefficient (Wildman–Crippen LogP) is 1.56. The van der Waals surface area contributed by atoms with Gasteiger partial charge in [-0.05, 0) is 18.6 Å². The molecular formula is C6H6Cl2NSi. The second kappa shape index (κ2) is 3.37. The molecule has 1 aromatic rings. The number of aromatic nitrogens is 1. The van der Waals surface area contributed by atoms with Crippen LogP contribution in [0.1, 0.15) is 5.56 Å². The Bertz CT molecular complexity index is 227. The van der Waals surface area contributed by atoms with Gasteiger partial charge in [0.25, 0.3) is 0 Å². The lowest BCUT2D eigenvalue weighted by molar-refractivity contribution is 1.33. The molecule has 1 nitrogen and oxygen atoms in total. The molecule has 4 heteroatoms. The number of halogens is 2. The molecule has 0 atom stereocenters. The molecule has 0 unspecified atom stereocenters. The summed E-state index contributed by atoms with van der Waals surface area (Å²) in [5.74, 6) is 0. The first-order valence-electron chi connectivity index (χ1n) is 2.82. The monoisotopic (exact) mass is 190 g/mol. The van der Waals surface area contributed by atoms with Crippen LogP contribution in [0.3, 0.4) is 0 Å². The highest BCUT2D eigenvalue weighted by atomic mass is 35.7. The summed E-state index contributed by atoms with van der Waals surface area (Å²) < 4.78 is 0. The fourth-order valence-electron chi connectivity index (χ4n) is 0.684. The van der Waals surface area contributed by atoms with Gasteiger partial charge in [0.05, 0.1) is 5.32 Å². The zero-order chi connectivity index (χ0) is 7.56. The average Bonchev–Trinajstić information content (AvgIpc) is 1.88. The summed E-state index contributed by atoms with van der Waals surface area (Å²) in [6.07, 6.45) is 1.71. The van der Waals surface area contributed by atoms with E-state index < -0.39 is 7.42 Å². The minimum absolute atomic E-state index is 0.843. The minimum atomic E-state index is -1.41. The Morgan fingerprint density at radius 3 is 2.60 bits per heavy atom. The summed E-state index contributed by atoms with van der Waals surface area (Å²) in [7, 11) is -1.41. The van der Waals surface area contributed by atoms with Crippen molar-refractivity contribution in [2.45, 2.75) is 6.92 Å². The molecule has 1 aromatic heterocycles. The third-order valence-corrected chi connectivity index (χ3v) is 3.14. The van der Waals surface area contributed by atoms with Crippen molar-refractivity contribution in [3.05, 3.63) is 23.9 Å². The van der Waals surface area contributed by atoms with Gasteiger partial charge in [0.1, 0.15) is 0 Å². The minimum Gasteiger partial charge on any atom is -0.263 e. The Kier molecular flexibility index (Phi) is 2.71. The topological polar surface area (TPSA) is 12.9 Å². The zero-order valence-corrected chi connectivity index (χ0v) is 7.95. The summed E-state index contributed by atoms with van der Waals surface area (Å²) in [4.78, 5) is 4.06. The second-order valence-corrected chi connectivity index (χ2v) is 5.77. The second-order valence-electron chi connectivity index (χ2n) is 1.93. The normalized spacial score (nSPS) is 10.4. The molecule has 0 amide bonds. The quantitative estimate of drug-likeness (QED) is 0.485. The van der Waals surface area contributed by atoms with Crippen molar-refractivity contribution >= 4 is 34.9 Å². The molecule has 0 aromatic carbocycles. The van der Waals surface area contributed by atoms with E-state index in [0.29, 0.717) is 0 Å². The predicted molar refractivity (Wildman–Crippen MR) is 46.1 cm³/mol.